The minimum Gasteiger partial charge on any atom is -0.494 e. The SMILES string of the molecule is CCCCc1ccc(-c2csc(/C(C#N)=C\c3ccc(OCC)cc3OCC)n2)cc1. The third kappa shape index (κ3) is 5.96. The first-order valence-corrected chi connectivity index (χ1v) is 11.6. The number of rotatable bonds is 10. The maximum Gasteiger partial charge on any atom is 0.134 e. The van der Waals surface area contributed by atoms with Crippen molar-refractivity contribution >= 4 is 23.0 Å². The zero-order valence-corrected chi connectivity index (χ0v) is 19.2. The molecular weight excluding hydrogens is 404 g/mol. The molecule has 0 N–H and O–H groups in total. The van der Waals surface area contributed by atoms with Gasteiger partial charge in [0.15, 0.2) is 0 Å². The first-order valence-electron chi connectivity index (χ1n) is 10.7. The lowest BCUT2D eigenvalue weighted by atomic mass is 10.1. The van der Waals surface area contributed by atoms with Crippen molar-refractivity contribution in [1.82, 2.24) is 4.98 Å². The number of hydrogen-bond donors (Lipinski definition) is 0. The van der Waals surface area contributed by atoms with E-state index in [1.165, 1.54) is 29.7 Å². The third-order valence-electron chi connectivity index (χ3n) is 4.82. The summed E-state index contributed by atoms with van der Waals surface area (Å²) in [6.45, 7) is 7.21. The summed E-state index contributed by atoms with van der Waals surface area (Å²) in [5.74, 6) is 1.45. The molecule has 0 unspecified atom stereocenters. The molecule has 0 radical (unpaired) electrons. The summed E-state index contributed by atoms with van der Waals surface area (Å²) in [6.07, 6.45) is 5.33. The molecule has 1 heterocycles. The van der Waals surface area contributed by atoms with Gasteiger partial charge in [0.1, 0.15) is 22.6 Å². The van der Waals surface area contributed by atoms with E-state index in [-0.39, 0.29) is 0 Å². The number of nitriles is 1. The fourth-order valence-corrected chi connectivity index (χ4v) is 4.02. The number of ether oxygens (including phenoxy) is 2. The minimum absolute atomic E-state index is 0.515. The van der Waals surface area contributed by atoms with Crippen LogP contribution in [0.15, 0.2) is 47.8 Å². The van der Waals surface area contributed by atoms with Crippen LogP contribution in [0.1, 0.15) is 49.7 Å². The van der Waals surface area contributed by atoms with Gasteiger partial charge in [-0.2, -0.15) is 5.26 Å². The Labute approximate surface area is 188 Å². The van der Waals surface area contributed by atoms with Crippen molar-refractivity contribution in [3.8, 4) is 28.8 Å². The van der Waals surface area contributed by atoms with Crippen LogP contribution in [0, 0.1) is 11.3 Å². The lowest BCUT2D eigenvalue weighted by Gasteiger charge is -2.10. The van der Waals surface area contributed by atoms with E-state index < -0.39 is 0 Å². The Morgan fingerprint density at radius 2 is 1.84 bits per heavy atom. The molecule has 3 rings (SSSR count). The Bertz CT molecular complexity index is 1060. The highest BCUT2D eigenvalue weighted by Gasteiger charge is 2.12. The number of aromatic nitrogens is 1. The van der Waals surface area contributed by atoms with Crippen LogP contribution in [0.4, 0.5) is 0 Å². The fraction of sp³-hybridized carbons (Fsp3) is 0.308. The Morgan fingerprint density at radius 3 is 2.52 bits per heavy atom. The molecule has 2 aromatic carbocycles. The van der Waals surface area contributed by atoms with Gasteiger partial charge in [0.25, 0.3) is 0 Å². The molecule has 0 aliphatic carbocycles. The van der Waals surface area contributed by atoms with Gasteiger partial charge >= 0.3 is 0 Å². The second kappa shape index (κ2) is 11.3. The highest BCUT2D eigenvalue weighted by atomic mass is 32.1. The van der Waals surface area contributed by atoms with Gasteiger partial charge in [0, 0.05) is 22.6 Å². The number of allylic oxidation sites excluding steroid dienone is 1. The summed E-state index contributed by atoms with van der Waals surface area (Å²) in [4.78, 5) is 4.72. The van der Waals surface area contributed by atoms with Gasteiger partial charge in [-0.05, 0) is 50.5 Å². The second-order valence-corrected chi connectivity index (χ2v) is 7.93. The topological polar surface area (TPSA) is 55.1 Å². The third-order valence-corrected chi connectivity index (χ3v) is 5.70. The van der Waals surface area contributed by atoms with E-state index in [2.05, 4.69) is 37.3 Å². The molecule has 0 saturated heterocycles. The predicted octanol–water partition coefficient (Wildman–Crippen LogP) is 7.01. The first-order chi connectivity index (χ1) is 15.2. The zero-order chi connectivity index (χ0) is 22.1. The van der Waals surface area contributed by atoms with Crippen molar-refractivity contribution in [2.45, 2.75) is 40.0 Å². The maximum absolute atomic E-state index is 9.78. The van der Waals surface area contributed by atoms with Crippen LogP contribution in [-0.4, -0.2) is 18.2 Å². The molecule has 0 aliphatic heterocycles. The standard InChI is InChI=1S/C26H28N2O2S/c1-4-7-8-19-9-11-20(12-10-19)24-18-31-26(28-24)22(17-27)15-21-13-14-23(29-5-2)16-25(21)30-6-3/h9-16,18H,4-8H2,1-3H3/b22-15-. The first kappa shape index (κ1) is 22.6. The van der Waals surface area contributed by atoms with Crippen LogP contribution in [-0.2, 0) is 6.42 Å². The number of nitrogens with zero attached hydrogens (tertiary/aromatic N) is 2. The fourth-order valence-electron chi connectivity index (χ4n) is 3.22. The average molecular weight is 433 g/mol. The molecular formula is C26H28N2O2S. The van der Waals surface area contributed by atoms with Gasteiger partial charge in [-0.1, -0.05) is 37.6 Å². The molecule has 0 fully saturated rings. The summed E-state index contributed by atoms with van der Waals surface area (Å²) in [6, 6.07) is 16.5. The van der Waals surface area contributed by atoms with Crippen LogP contribution < -0.4 is 9.47 Å². The number of benzene rings is 2. The van der Waals surface area contributed by atoms with E-state index in [1.807, 2.05) is 43.5 Å². The van der Waals surface area contributed by atoms with Gasteiger partial charge < -0.3 is 9.47 Å². The predicted molar refractivity (Wildman–Crippen MR) is 128 cm³/mol. The van der Waals surface area contributed by atoms with Crippen LogP contribution >= 0.6 is 11.3 Å². The van der Waals surface area contributed by atoms with Gasteiger partial charge in [-0.3, -0.25) is 0 Å². The Balaban J connectivity index is 1.86. The Kier molecular flexibility index (Phi) is 8.26. The quantitative estimate of drug-likeness (QED) is 0.323. The monoisotopic (exact) mass is 432 g/mol. The molecule has 1 aromatic heterocycles. The van der Waals surface area contributed by atoms with Crippen molar-refractivity contribution in [2.24, 2.45) is 0 Å². The van der Waals surface area contributed by atoms with E-state index >= 15 is 0 Å². The number of aryl methyl sites for hydroxylation is 1. The highest BCUT2D eigenvalue weighted by molar-refractivity contribution is 7.11. The molecule has 160 valence electrons. The van der Waals surface area contributed by atoms with Crippen LogP contribution in [0.2, 0.25) is 0 Å². The maximum atomic E-state index is 9.78. The van der Waals surface area contributed by atoms with Crippen molar-refractivity contribution in [1.29, 1.82) is 5.26 Å². The van der Waals surface area contributed by atoms with Gasteiger partial charge in [-0.25, -0.2) is 4.98 Å². The Morgan fingerprint density at radius 1 is 1.06 bits per heavy atom. The summed E-state index contributed by atoms with van der Waals surface area (Å²) in [7, 11) is 0. The summed E-state index contributed by atoms with van der Waals surface area (Å²) >= 11 is 1.48. The van der Waals surface area contributed by atoms with Gasteiger partial charge in [0.05, 0.1) is 24.5 Å². The zero-order valence-electron chi connectivity index (χ0n) is 18.4. The summed E-state index contributed by atoms with van der Waals surface area (Å²) in [5.41, 5.74) is 4.65. The van der Waals surface area contributed by atoms with E-state index in [0.717, 1.165) is 29.0 Å². The normalized spacial score (nSPS) is 11.2. The number of unbranched alkanes of at least 4 members (excludes halogenated alkanes) is 1. The van der Waals surface area contributed by atoms with Gasteiger partial charge in [-0.15, -0.1) is 11.3 Å². The number of hydrogen-bond acceptors (Lipinski definition) is 5. The van der Waals surface area contributed by atoms with Crippen molar-refractivity contribution in [3.05, 3.63) is 64.0 Å². The van der Waals surface area contributed by atoms with Crippen LogP contribution in [0.5, 0.6) is 11.5 Å². The highest BCUT2D eigenvalue weighted by Crippen LogP contribution is 2.31. The molecule has 3 aromatic rings. The van der Waals surface area contributed by atoms with Crippen molar-refractivity contribution in [2.75, 3.05) is 13.2 Å². The summed E-state index contributed by atoms with van der Waals surface area (Å²) in [5, 5.41) is 12.5. The molecule has 0 saturated carbocycles. The van der Waals surface area contributed by atoms with E-state index in [0.29, 0.717) is 29.5 Å². The molecule has 31 heavy (non-hydrogen) atoms. The van der Waals surface area contributed by atoms with E-state index in [9.17, 15) is 5.26 Å². The van der Waals surface area contributed by atoms with Crippen LogP contribution in [0.25, 0.3) is 22.9 Å². The molecule has 0 aliphatic rings. The van der Waals surface area contributed by atoms with E-state index in [4.69, 9.17) is 14.5 Å². The molecule has 4 nitrogen and oxygen atoms in total. The lowest BCUT2D eigenvalue weighted by molar-refractivity contribution is 0.322. The number of thiazole rings is 1. The van der Waals surface area contributed by atoms with E-state index in [1.54, 1.807) is 0 Å². The largest absolute Gasteiger partial charge is 0.494 e. The van der Waals surface area contributed by atoms with Crippen LogP contribution in [0.3, 0.4) is 0 Å². The molecule has 5 heteroatoms. The molecule has 0 amide bonds. The van der Waals surface area contributed by atoms with Crippen molar-refractivity contribution < 1.29 is 9.47 Å². The summed E-state index contributed by atoms with van der Waals surface area (Å²) < 4.78 is 11.3. The Hall–Kier alpha value is -3.10. The average Bonchev–Trinajstić information content (AvgIpc) is 3.28. The van der Waals surface area contributed by atoms with Gasteiger partial charge in [0.2, 0.25) is 0 Å². The molecule has 0 atom stereocenters. The minimum atomic E-state index is 0.515. The molecule has 0 spiro atoms. The lowest BCUT2D eigenvalue weighted by Crippen LogP contribution is -1.97. The second-order valence-electron chi connectivity index (χ2n) is 7.07. The molecule has 0 bridgehead atoms. The smallest absolute Gasteiger partial charge is 0.134 e. The van der Waals surface area contributed by atoms with Crippen molar-refractivity contribution in [3.63, 3.8) is 0 Å².